The minimum absolute atomic E-state index is 0.0594. The van der Waals surface area contributed by atoms with Crippen molar-refractivity contribution in [1.29, 1.82) is 0 Å². The zero-order valence-corrected chi connectivity index (χ0v) is 22.1. The van der Waals surface area contributed by atoms with Crippen LogP contribution in [0.4, 0.5) is 4.79 Å². The number of nitrogens with zero attached hydrogens (tertiary/aromatic N) is 2. The third-order valence-electron chi connectivity index (χ3n) is 4.63. The first-order valence-corrected chi connectivity index (χ1v) is 13.7. The van der Waals surface area contributed by atoms with Crippen LogP contribution in [-0.2, 0) is 22.5 Å². The summed E-state index contributed by atoms with van der Waals surface area (Å²) < 4.78 is 23.1. The summed E-state index contributed by atoms with van der Waals surface area (Å²) in [6.45, 7) is 4.27. The normalized spacial score (nSPS) is 11.6. The SMILES string of the molecule is CC(C)c1nc(COC(N)=O)n(Cc2ccc(OCP(=O)(O)O)cc2)c1Sc1cc(Cl)cc(Cl)c1. The highest BCUT2D eigenvalue weighted by Crippen LogP contribution is 2.38. The summed E-state index contributed by atoms with van der Waals surface area (Å²) in [6, 6.07) is 12.0. The van der Waals surface area contributed by atoms with E-state index in [-0.39, 0.29) is 12.5 Å². The van der Waals surface area contributed by atoms with E-state index in [1.807, 2.05) is 18.4 Å². The average Bonchev–Trinajstić information content (AvgIpc) is 3.08. The Morgan fingerprint density at radius 1 is 1.17 bits per heavy atom. The fourth-order valence-electron chi connectivity index (χ4n) is 3.13. The van der Waals surface area contributed by atoms with Crippen molar-refractivity contribution in [3.8, 4) is 5.75 Å². The van der Waals surface area contributed by atoms with Crippen LogP contribution in [0, 0.1) is 0 Å². The van der Waals surface area contributed by atoms with Crippen molar-refractivity contribution < 1.29 is 28.6 Å². The number of hydrogen-bond donors (Lipinski definition) is 3. The quantitative estimate of drug-likeness (QED) is 0.272. The molecule has 4 N–H and O–H groups in total. The van der Waals surface area contributed by atoms with Crippen molar-refractivity contribution in [2.24, 2.45) is 5.73 Å². The fourth-order valence-corrected chi connectivity index (χ4v) is 5.36. The van der Waals surface area contributed by atoms with Crippen molar-refractivity contribution in [3.63, 3.8) is 0 Å². The highest BCUT2D eigenvalue weighted by atomic mass is 35.5. The zero-order valence-electron chi connectivity index (χ0n) is 18.9. The van der Waals surface area contributed by atoms with E-state index in [1.165, 1.54) is 11.8 Å². The monoisotopic (exact) mass is 559 g/mol. The second kappa shape index (κ2) is 11.7. The minimum atomic E-state index is -4.28. The topological polar surface area (TPSA) is 137 Å². The minimum Gasteiger partial charge on any atom is -0.481 e. The third kappa shape index (κ3) is 8.17. The number of ether oxygens (including phenoxy) is 2. The predicted octanol–water partition coefficient (Wildman–Crippen LogP) is 5.62. The highest BCUT2D eigenvalue weighted by molar-refractivity contribution is 7.99. The number of halogens is 2. The molecule has 1 heterocycles. The first kappa shape index (κ1) is 27.4. The molecule has 0 aliphatic heterocycles. The molecule has 0 atom stereocenters. The van der Waals surface area contributed by atoms with Gasteiger partial charge in [0.1, 0.15) is 16.6 Å². The molecule has 0 radical (unpaired) electrons. The van der Waals surface area contributed by atoms with Crippen LogP contribution < -0.4 is 10.5 Å². The number of nitrogens with two attached hydrogens (primary N) is 1. The smallest absolute Gasteiger partial charge is 0.404 e. The van der Waals surface area contributed by atoms with E-state index in [1.54, 1.807) is 42.5 Å². The molecule has 0 fully saturated rings. The summed E-state index contributed by atoms with van der Waals surface area (Å²) in [6.07, 6.45) is -1.61. The van der Waals surface area contributed by atoms with Crippen LogP contribution >= 0.6 is 42.6 Å². The Labute approximate surface area is 216 Å². The Morgan fingerprint density at radius 3 is 2.34 bits per heavy atom. The number of rotatable bonds is 10. The number of imidazole rings is 1. The molecule has 0 saturated carbocycles. The molecule has 35 heavy (non-hydrogen) atoms. The maximum Gasteiger partial charge on any atom is 0.404 e. The van der Waals surface area contributed by atoms with Gasteiger partial charge < -0.3 is 29.6 Å². The number of aromatic nitrogens is 2. The molecule has 1 aromatic heterocycles. The summed E-state index contributed by atoms with van der Waals surface area (Å²) in [7, 11) is -4.28. The van der Waals surface area contributed by atoms with Crippen LogP contribution in [0.5, 0.6) is 5.75 Å². The van der Waals surface area contributed by atoms with E-state index >= 15 is 0 Å². The van der Waals surface area contributed by atoms with Gasteiger partial charge in [0.2, 0.25) is 0 Å². The van der Waals surface area contributed by atoms with Crippen molar-refractivity contribution in [3.05, 3.63) is 69.6 Å². The van der Waals surface area contributed by atoms with Gasteiger partial charge in [0.25, 0.3) is 0 Å². The summed E-state index contributed by atoms with van der Waals surface area (Å²) in [5, 5.41) is 1.82. The molecule has 188 valence electrons. The highest BCUT2D eigenvalue weighted by Gasteiger charge is 2.22. The van der Waals surface area contributed by atoms with Crippen molar-refractivity contribution >= 4 is 48.7 Å². The largest absolute Gasteiger partial charge is 0.481 e. The van der Waals surface area contributed by atoms with Gasteiger partial charge in [-0.05, 0) is 41.8 Å². The van der Waals surface area contributed by atoms with Gasteiger partial charge in [-0.2, -0.15) is 0 Å². The van der Waals surface area contributed by atoms with Gasteiger partial charge in [-0.25, -0.2) is 9.78 Å². The number of carbonyl (C=O) groups excluding carboxylic acids is 1. The number of amides is 1. The van der Waals surface area contributed by atoms with Gasteiger partial charge in [0.15, 0.2) is 13.0 Å². The second-order valence-electron chi connectivity index (χ2n) is 7.86. The Hall–Kier alpha value is -2.20. The van der Waals surface area contributed by atoms with Crippen LogP contribution in [-0.4, -0.2) is 31.8 Å². The zero-order chi connectivity index (χ0) is 25.8. The summed E-state index contributed by atoms with van der Waals surface area (Å²) in [4.78, 5) is 34.8. The molecule has 0 spiro atoms. The molecule has 2 aromatic carbocycles. The van der Waals surface area contributed by atoms with Crippen molar-refractivity contribution in [1.82, 2.24) is 9.55 Å². The fraction of sp³-hybridized carbons (Fsp3) is 0.273. The summed E-state index contributed by atoms with van der Waals surface area (Å²) in [5.41, 5.74) is 6.83. The van der Waals surface area contributed by atoms with Gasteiger partial charge in [-0.1, -0.05) is 60.9 Å². The molecule has 13 heteroatoms. The molecule has 3 rings (SSSR count). The van der Waals surface area contributed by atoms with Crippen LogP contribution in [0.15, 0.2) is 52.4 Å². The van der Waals surface area contributed by atoms with E-state index in [0.717, 1.165) is 21.2 Å². The lowest BCUT2D eigenvalue weighted by Gasteiger charge is -2.14. The Morgan fingerprint density at radius 2 is 1.80 bits per heavy atom. The van der Waals surface area contributed by atoms with E-state index in [2.05, 4.69) is 0 Å². The van der Waals surface area contributed by atoms with Gasteiger partial charge in [0, 0.05) is 21.5 Å². The lowest BCUT2D eigenvalue weighted by Crippen LogP contribution is -2.15. The lowest BCUT2D eigenvalue weighted by atomic mass is 10.1. The summed E-state index contributed by atoms with van der Waals surface area (Å²) in [5.74, 6) is 0.889. The molecule has 0 bridgehead atoms. The third-order valence-corrected chi connectivity index (χ3v) is 6.63. The predicted molar refractivity (Wildman–Crippen MR) is 134 cm³/mol. The maximum atomic E-state index is 11.3. The Kier molecular flexibility index (Phi) is 9.15. The number of benzene rings is 2. The van der Waals surface area contributed by atoms with Crippen LogP contribution in [0.2, 0.25) is 10.0 Å². The molecule has 0 aliphatic carbocycles. The molecule has 0 unspecified atom stereocenters. The molecule has 3 aromatic rings. The Balaban J connectivity index is 1.98. The number of hydrogen-bond acceptors (Lipinski definition) is 6. The van der Waals surface area contributed by atoms with E-state index in [4.69, 9.17) is 53.2 Å². The summed E-state index contributed by atoms with van der Waals surface area (Å²) >= 11 is 13.8. The standard InChI is InChI=1S/C22H24Cl2N3O6PS/c1-13(2)20-21(35-18-8-15(23)7-16(24)9-18)27(19(26-20)11-32-22(25)28)10-14-3-5-17(6-4-14)33-12-34(29,30)31/h3-9,13H,10-12H2,1-2H3,(H2,25,28)(H2,29,30,31). The van der Waals surface area contributed by atoms with Crippen LogP contribution in [0.25, 0.3) is 0 Å². The van der Waals surface area contributed by atoms with E-state index in [0.29, 0.717) is 28.2 Å². The van der Waals surface area contributed by atoms with Gasteiger partial charge in [-0.3, -0.25) is 4.57 Å². The van der Waals surface area contributed by atoms with Gasteiger partial charge in [-0.15, -0.1) is 0 Å². The lowest BCUT2D eigenvalue weighted by molar-refractivity contribution is 0.145. The van der Waals surface area contributed by atoms with Crippen LogP contribution in [0.3, 0.4) is 0 Å². The molecule has 1 amide bonds. The molecule has 0 saturated heterocycles. The maximum absolute atomic E-state index is 11.3. The molecular formula is C22H24Cl2N3O6PS. The first-order chi connectivity index (χ1) is 16.4. The first-order valence-electron chi connectivity index (χ1n) is 10.3. The number of carbonyl (C=O) groups is 1. The van der Waals surface area contributed by atoms with Gasteiger partial charge in [0.05, 0.1) is 5.69 Å². The van der Waals surface area contributed by atoms with Crippen molar-refractivity contribution in [2.45, 2.75) is 42.8 Å². The molecule has 9 nitrogen and oxygen atoms in total. The van der Waals surface area contributed by atoms with Crippen molar-refractivity contribution in [2.75, 3.05) is 6.35 Å². The second-order valence-corrected chi connectivity index (χ2v) is 11.4. The van der Waals surface area contributed by atoms with Gasteiger partial charge >= 0.3 is 13.7 Å². The molecular weight excluding hydrogens is 536 g/mol. The van der Waals surface area contributed by atoms with Crippen LogP contribution in [0.1, 0.15) is 36.8 Å². The van der Waals surface area contributed by atoms with E-state index in [9.17, 15) is 9.36 Å². The Bertz CT molecular complexity index is 1230. The van der Waals surface area contributed by atoms with E-state index < -0.39 is 20.0 Å². The average molecular weight is 560 g/mol. The number of primary amides is 1. The molecule has 0 aliphatic rings.